The fourth-order valence-corrected chi connectivity index (χ4v) is 4.90. The fraction of sp³-hybridized carbons (Fsp3) is 0.412. The molecular formula is C17H21FN4O3S. The van der Waals surface area contributed by atoms with Gasteiger partial charge in [-0.25, -0.2) is 17.5 Å². The van der Waals surface area contributed by atoms with Gasteiger partial charge in [0.2, 0.25) is 10.0 Å². The number of nitrogens with zero attached hydrogens (tertiary/aromatic N) is 2. The van der Waals surface area contributed by atoms with Crippen LogP contribution in [-0.4, -0.2) is 48.6 Å². The van der Waals surface area contributed by atoms with Crippen LogP contribution in [0.1, 0.15) is 34.6 Å². The van der Waals surface area contributed by atoms with Gasteiger partial charge in [0.25, 0.3) is 5.91 Å². The Morgan fingerprint density at radius 1 is 1.27 bits per heavy atom. The van der Waals surface area contributed by atoms with E-state index in [0.29, 0.717) is 37.3 Å². The zero-order valence-electron chi connectivity index (χ0n) is 14.6. The van der Waals surface area contributed by atoms with Gasteiger partial charge in [0.05, 0.1) is 17.0 Å². The van der Waals surface area contributed by atoms with Crippen molar-refractivity contribution in [3.63, 3.8) is 0 Å². The molecule has 26 heavy (non-hydrogen) atoms. The summed E-state index contributed by atoms with van der Waals surface area (Å²) < 4.78 is 41.6. The maximum atomic E-state index is 13.8. The van der Waals surface area contributed by atoms with Crippen LogP contribution in [0.4, 0.5) is 4.39 Å². The van der Waals surface area contributed by atoms with Crippen molar-refractivity contribution in [3.05, 3.63) is 47.0 Å². The molecule has 2 N–H and O–H groups in total. The number of aromatic amines is 1. The van der Waals surface area contributed by atoms with E-state index in [2.05, 4.69) is 14.9 Å². The van der Waals surface area contributed by atoms with Crippen LogP contribution in [-0.2, 0) is 10.0 Å². The Morgan fingerprint density at radius 3 is 2.50 bits per heavy atom. The molecule has 1 aliphatic heterocycles. The monoisotopic (exact) mass is 380 g/mol. The number of hydrogen-bond acceptors (Lipinski definition) is 4. The number of carbonyl (C=O) groups excluding carboxylic acids is 1. The lowest BCUT2D eigenvalue weighted by Gasteiger charge is -2.32. The predicted octanol–water partition coefficient (Wildman–Crippen LogP) is 1.75. The summed E-state index contributed by atoms with van der Waals surface area (Å²) in [6.07, 6.45) is 0.935. The van der Waals surface area contributed by atoms with Crippen molar-refractivity contribution in [1.82, 2.24) is 19.8 Å². The summed E-state index contributed by atoms with van der Waals surface area (Å²) in [6, 6.07) is 5.58. The van der Waals surface area contributed by atoms with E-state index in [4.69, 9.17) is 0 Å². The van der Waals surface area contributed by atoms with Crippen molar-refractivity contribution in [2.24, 2.45) is 0 Å². The van der Waals surface area contributed by atoms with E-state index in [0.717, 1.165) is 0 Å². The largest absolute Gasteiger partial charge is 0.338 e. The fourth-order valence-electron chi connectivity index (χ4n) is 3.22. The smallest absolute Gasteiger partial charge is 0.256 e. The average Bonchev–Trinajstić information content (AvgIpc) is 2.94. The molecule has 140 valence electrons. The lowest BCUT2D eigenvalue weighted by atomic mass is 10.0. The van der Waals surface area contributed by atoms with Gasteiger partial charge in [0.15, 0.2) is 0 Å². The Bertz CT molecular complexity index is 898. The number of rotatable bonds is 4. The minimum absolute atomic E-state index is 0.0381. The number of amides is 1. The van der Waals surface area contributed by atoms with Crippen molar-refractivity contribution < 1.29 is 17.6 Å². The molecule has 0 radical (unpaired) electrons. The van der Waals surface area contributed by atoms with E-state index in [-0.39, 0.29) is 22.4 Å². The Kier molecular flexibility index (Phi) is 5.10. The highest BCUT2D eigenvalue weighted by molar-refractivity contribution is 7.89. The van der Waals surface area contributed by atoms with E-state index >= 15 is 0 Å². The molecule has 0 bridgehead atoms. The number of H-pyrrole nitrogens is 1. The number of aromatic nitrogens is 2. The number of hydrogen-bond donors (Lipinski definition) is 2. The molecule has 9 heteroatoms. The topological polar surface area (TPSA) is 95.2 Å². The summed E-state index contributed by atoms with van der Waals surface area (Å²) in [6.45, 7) is 4.02. The van der Waals surface area contributed by atoms with Crippen molar-refractivity contribution >= 4 is 15.9 Å². The SMILES string of the molecule is Cc1n[nH]c(C)c1S(=O)(=O)NC1CCN(C(=O)c2ccccc2F)CC1. The van der Waals surface area contributed by atoms with E-state index < -0.39 is 15.8 Å². The second kappa shape index (κ2) is 7.16. The summed E-state index contributed by atoms with van der Waals surface area (Å²) in [7, 11) is -3.68. The molecule has 1 amide bonds. The summed E-state index contributed by atoms with van der Waals surface area (Å²) >= 11 is 0. The lowest BCUT2D eigenvalue weighted by molar-refractivity contribution is 0.0706. The first kappa shape index (κ1) is 18.5. The number of aryl methyl sites for hydroxylation is 2. The number of carbonyl (C=O) groups is 1. The van der Waals surface area contributed by atoms with Crippen LogP contribution >= 0.6 is 0 Å². The van der Waals surface area contributed by atoms with Gasteiger partial charge in [-0.2, -0.15) is 5.10 Å². The molecule has 1 fully saturated rings. The third kappa shape index (κ3) is 3.63. The number of halogens is 1. The molecule has 0 saturated carbocycles. The molecular weight excluding hydrogens is 359 g/mol. The number of piperidine rings is 1. The Morgan fingerprint density at radius 2 is 1.92 bits per heavy atom. The summed E-state index contributed by atoms with van der Waals surface area (Å²) in [5.41, 5.74) is 0.945. The van der Waals surface area contributed by atoms with Crippen LogP contribution < -0.4 is 4.72 Å². The van der Waals surface area contributed by atoms with Gasteiger partial charge in [0.1, 0.15) is 10.7 Å². The van der Waals surface area contributed by atoms with Crippen LogP contribution in [0.25, 0.3) is 0 Å². The molecule has 7 nitrogen and oxygen atoms in total. The molecule has 0 unspecified atom stereocenters. The standard InChI is InChI=1S/C17H21FN4O3S/c1-11-16(12(2)20-19-11)26(24,25)21-13-7-9-22(10-8-13)17(23)14-5-3-4-6-15(14)18/h3-6,13,21H,7-10H2,1-2H3,(H,19,20). The third-order valence-corrected chi connectivity index (χ3v) is 6.32. The van der Waals surface area contributed by atoms with Crippen LogP contribution in [0.15, 0.2) is 29.2 Å². The van der Waals surface area contributed by atoms with Gasteiger partial charge in [-0.05, 0) is 38.8 Å². The van der Waals surface area contributed by atoms with Crippen molar-refractivity contribution in [1.29, 1.82) is 0 Å². The zero-order valence-corrected chi connectivity index (χ0v) is 15.4. The van der Waals surface area contributed by atoms with E-state index in [1.165, 1.54) is 18.2 Å². The first-order valence-electron chi connectivity index (χ1n) is 8.37. The lowest BCUT2D eigenvalue weighted by Crippen LogP contribution is -2.46. The molecule has 2 aromatic rings. The van der Waals surface area contributed by atoms with Crippen LogP contribution in [0.3, 0.4) is 0 Å². The van der Waals surface area contributed by atoms with Gasteiger partial charge in [0, 0.05) is 19.1 Å². The predicted molar refractivity (Wildman–Crippen MR) is 93.7 cm³/mol. The first-order valence-corrected chi connectivity index (χ1v) is 9.85. The quantitative estimate of drug-likeness (QED) is 0.845. The highest BCUT2D eigenvalue weighted by atomic mass is 32.2. The van der Waals surface area contributed by atoms with Gasteiger partial charge in [-0.3, -0.25) is 9.89 Å². The van der Waals surface area contributed by atoms with E-state index in [1.807, 2.05) is 0 Å². The molecule has 1 aromatic carbocycles. The molecule has 0 atom stereocenters. The maximum Gasteiger partial charge on any atom is 0.256 e. The molecule has 1 saturated heterocycles. The average molecular weight is 380 g/mol. The summed E-state index contributed by atoms with van der Waals surface area (Å²) in [5.74, 6) is -0.919. The van der Waals surface area contributed by atoms with Crippen molar-refractivity contribution in [2.75, 3.05) is 13.1 Å². The molecule has 0 aliphatic carbocycles. The molecule has 2 heterocycles. The molecule has 1 aromatic heterocycles. The van der Waals surface area contributed by atoms with Crippen LogP contribution in [0.2, 0.25) is 0 Å². The molecule has 1 aliphatic rings. The number of sulfonamides is 1. The van der Waals surface area contributed by atoms with Crippen molar-refractivity contribution in [3.8, 4) is 0 Å². The van der Waals surface area contributed by atoms with Gasteiger partial charge < -0.3 is 4.90 Å². The highest BCUT2D eigenvalue weighted by Crippen LogP contribution is 2.20. The number of likely N-dealkylation sites (tertiary alicyclic amines) is 1. The zero-order chi connectivity index (χ0) is 18.9. The van der Waals surface area contributed by atoms with E-state index in [1.54, 1.807) is 24.8 Å². The number of nitrogens with one attached hydrogen (secondary N) is 2. The summed E-state index contributed by atoms with van der Waals surface area (Å²) in [4.78, 5) is 14.1. The minimum Gasteiger partial charge on any atom is -0.338 e. The third-order valence-electron chi connectivity index (χ3n) is 4.54. The molecule has 3 rings (SSSR count). The van der Waals surface area contributed by atoms with Crippen LogP contribution in [0.5, 0.6) is 0 Å². The molecule has 0 spiro atoms. The van der Waals surface area contributed by atoms with Gasteiger partial charge >= 0.3 is 0 Å². The van der Waals surface area contributed by atoms with E-state index in [9.17, 15) is 17.6 Å². The van der Waals surface area contributed by atoms with Gasteiger partial charge in [-0.1, -0.05) is 12.1 Å². The van der Waals surface area contributed by atoms with Gasteiger partial charge in [-0.15, -0.1) is 0 Å². The Balaban J connectivity index is 1.64. The summed E-state index contributed by atoms with van der Waals surface area (Å²) in [5, 5.41) is 6.59. The second-order valence-corrected chi connectivity index (χ2v) is 8.08. The maximum absolute atomic E-state index is 13.8. The Hall–Kier alpha value is -2.26. The number of benzene rings is 1. The first-order chi connectivity index (χ1) is 12.3. The highest BCUT2D eigenvalue weighted by Gasteiger charge is 2.30. The minimum atomic E-state index is -3.68. The van der Waals surface area contributed by atoms with Crippen LogP contribution in [0, 0.1) is 19.7 Å². The normalized spacial score (nSPS) is 16.0. The Labute approximate surface area is 151 Å². The van der Waals surface area contributed by atoms with Crippen molar-refractivity contribution in [2.45, 2.75) is 37.6 Å². The second-order valence-electron chi connectivity index (χ2n) is 6.43.